The van der Waals surface area contributed by atoms with Gasteiger partial charge in [-0.25, -0.2) is 4.98 Å². The summed E-state index contributed by atoms with van der Waals surface area (Å²) in [5.74, 6) is 0.828. The number of ether oxygens (including phenoxy) is 2. The van der Waals surface area contributed by atoms with Gasteiger partial charge in [0.15, 0.2) is 5.96 Å². The van der Waals surface area contributed by atoms with Crippen LogP contribution < -0.4 is 10.6 Å². The number of hydrogen-bond acceptors (Lipinski definition) is 6. The van der Waals surface area contributed by atoms with E-state index >= 15 is 0 Å². The van der Waals surface area contributed by atoms with E-state index < -0.39 is 0 Å². The predicted octanol–water partition coefficient (Wildman–Crippen LogP) is 3.56. The highest BCUT2D eigenvalue weighted by molar-refractivity contribution is 14.0. The summed E-state index contributed by atoms with van der Waals surface area (Å²) in [6, 6.07) is 4.34. The first-order valence-corrected chi connectivity index (χ1v) is 10.4. The maximum atomic E-state index is 5.44. The van der Waals surface area contributed by atoms with Gasteiger partial charge in [-0.15, -0.1) is 46.7 Å². The lowest BCUT2D eigenvalue weighted by atomic mass is 10.3. The van der Waals surface area contributed by atoms with Crippen LogP contribution in [-0.4, -0.2) is 58.0 Å². The number of aryl methyl sites for hydroxylation is 1. The van der Waals surface area contributed by atoms with Crippen molar-refractivity contribution in [1.82, 2.24) is 15.6 Å². The van der Waals surface area contributed by atoms with Crippen molar-refractivity contribution in [2.24, 2.45) is 4.99 Å². The second-order valence-electron chi connectivity index (χ2n) is 5.65. The van der Waals surface area contributed by atoms with E-state index in [-0.39, 0.29) is 24.0 Å². The molecule has 2 aromatic heterocycles. The molecule has 9 heteroatoms. The number of halogens is 1. The van der Waals surface area contributed by atoms with Crippen molar-refractivity contribution in [1.29, 1.82) is 0 Å². The van der Waals surface area contributed by atoms with Crippen LogP contribution in [0.3, 0.4) is 0 Å². The molecule has 0 atom stereocenters. The molecule has 0 saturated heterocycles. The van der Waals surface area contributed by atoms with Crippen molar-refractivity contribution in [3.63, 3.8) is 0 Å². The van der Waals surface area contributed by atoms with Crippen LogP contribution in [0.1, 0.15) is 16.3 Å². The van der Waals surface area contributed by atoms with E-state index in [1.54, 1.807) is 36.8 Å². The molecule has 0 aromatic carbocycles. The normalized spacial score (nSPS) is 11.3. The predicted molar refractivity (Wildman–Crippen MR) is 126 cm³/mol. The van der Waals surface area contributed by atoms with Crippen molar-refractivity contribution < 1.29 is 9.47 Å². The summed E-state index contributed by atoms with van der Waals surface area (Å²) in [6.07, 6.45) is 1.90. The minimum Gasteiger partial charge on any atom is -0.382 e. The monoisotopic (exact) mass is 524 g/mol. The van der Waals surface area contributed by atoms with Crippen molar-refractivity contribution in [2.75, 3.05) is 47.1 Å². The number of guanidine groups is 1. The number of aromatic nitrogens is 1. The van der Waals surface area contributed by atoms with E-state index in [1.807, 2.05) is 6.92 Å². The third-order valence-electron chi connectivity index (χ3n) is 3.61. The quantitative estimate of drug-likeness (QED) is 0.204. The zero-order valence-electron chi connectivity index (χ0n) is 16.1. The minimum absolute atomic E-state index is 0. The number of thiophene rings is 1. The number of nitrogens with one attached hydrogen (secondary N) is 2. The summed E-state index contributed by atoms with van der Waals surface area (Å²) < 4.78 is 10.4. The summed E-state index contributed by atoms with van der Waals surface area (Å²) in [4.78, 5) is 11.4. The van der Waals surface area contributed by atoms with Gasteiger partial charge in [0.2, 0.25) is 0 Å². The van der Waals surface area contributed by atoms with Gasteiger partial charge >= 0.3 is 0 Å². The van der Waals surface area contributed by atoms with E-state index in [0.717, 1.165) is 49.2 Å². The smallest absolute Gasteiger partial charge is 0.190 e. The third kappa shape index (κ3) is 9.33. The number of thiazole rings is 1. The molecule has 0 spiro atoms. The van der Waals surface area contributed by atoms with Gasteiger partial charge in [-0.3, -0.25) is 4.99 Å². The van der Waals surface area contributed by atoms with Crippen molar-refractivity contribution in [2.45, 2.75) is 19.8 Å². The van der Waals surface area contributed by atoms with Gasteiger partial charge in [-0.1, -0.05) is 0 Å². The molecule has 2 rings (SSSR count). The summed E-state index contributed by atoms with van der Waals surface area (Å²) in [5.41, 5.74) is 1.09. The highest BCUT2D eigenvalue weighted by Crippen LogP contribution is 2.29. The molecule has 27 heavy (non-hydrogen) atoms. The third-order valence-corrected chi connectivity index (χ3v) is 5.55. The molecular weight excluding hydrogens is 495 g/mol. The van der Waals surface area contributed by atoms with Crippen LogP contribution in [0.15, 0.2) is 22.5 Å². The van der Waals surface area contributed by atoms with Crippen LogP contribution in [-0.2, 0) is 15.9 Å². The van der Waals surface area contributed by atoms with E-state index in [0.29, 0.717) is 13.2 Å². The SMILES string of the molecule is CN=C(NCCCOCCOC)NCCc1ccc(-c2csc(C)n2)s1.I. The highest BCUT2D eigenvalue weighted by atomic mass is 127. The van der Waals surface area contributed by atoms with E-state index in [2.05, 4.69) is 38.1 Å². The molecule has 0 bridgehead atoms. The Kier molecular flexibility index (Phi) is 12.8. The Labute approximate surface area is 186 Å². The topological polar surface area (TPSA) is 67.8 Å². The molecule has 6 nitrogen and oxygen atoms in total. The molecule has 0 saturated carbocycles. The number of hydrogen-bond donors (Lipinski definition) is 2. The number of aliphatic imine (C=N–C) groups is 1. The van der Waals surface area contributed by atoms with Gasteiger partial charge in [0.1, 0.15) is 0 Å². The first-order valence-electron chi connectivity index (χ1n) is 8.75. The molecule has 2 heterocycles. The summed E-state index contributed by atoms with van der Waals surface area (Å²) in [6.45, 7) is 5.73. The highest BCUT2D eigenvalue weighted by Gasteiger charge is 2.06. The van der Waals surface area contributed by atoms with E-state index in [4.69, 9.17) is 9.47 Å². The molecule has 0 unspecified atom stereocenters. The lowest BCUT2D eigenvalue weighted by Crippen LogP contribution is -2.38. The van der Waals surface area contributed by atoms with Gasteiger partial charge in [0.05, 0.1) is 28.8 Å². The fraction of sp³-hybridized carbons (Fsp3) is 0.556. The molecule has 0 fully saturated rings. The zero-order valence-corrected chi connectivity index (χ0v) is 20.1. The van der Waals surface area contributed by atoms with Crippen LogP contribution in [0.2, 0.25) is 0 Å². The standard InChI is InChI=1S/C18H28N4O2S2.HI/c1-14-22-16(13-25-14)17-6-5-15(26-17)7-9-21-18(19-2)20-8-4-10-24-12-11-23-3;/h5-6,13H,4,7-12H2,1-3H3,(H2,19,20,21);1H. The Morgan fingerprint density at radius 2 is 2.00 bits per heavy atom. The Hall–Kier alpha value is -0.750. The van der Waals surface area contributed by atoms with Crippen LogP contribution in [0, 0.1) is 6.92 Å². The van der Waals surface area contributed by atoms with Crippen LogP contribution in [0.4, 0.5) is 0 Å². The second-order valence-corrected chi connectivity index (χ2v) is 7.88. The maximum Gasteiger partial charge on any atom is 0.190 e. The van der Waals surface area contributed by atoms with Crippen molar-refractivity contribution in [3.8, 4) is 10.6 Å². The van der Waals surface area contributed by atoms with E-state index in [9.17, 15) is 0 Å². The summed E-state index contributed by atoms with van der Waals surface area (Å²) in [5, 5.41) is 9.88. The summed E-state index contributed by atoms with van der Waals surface area (Å²) in [7, 11) is 3.47. The van der Waals surface area contributed by atoms with Gasteiger partial charge < -0.3 is 20.1 Å². The maximum absolute atomic E-state index is 5.44. The summed E-state index contributed by atoms with van der Waals surface area (Å²) >= 11 is 3.50. The fourth-order valence-electron chi connectivity index (χ4n) is 2.28. The number of methoxy groups -OCH3 is 1. The molecule has 2 aromatic rings. The average Bonchev–Trinajstić information content (AvgIpc) is 3.28. The molecule has 0 radical (unpaired) electrons. The van der Waals surface area contributed by atoms with Crippen molar-refractivity contribution in [3.05, 3.63) is 27.4 Å². The lowest BCUT2D eigenvalue weighted by Gasteiger charge is -2.11. The van der Waals surface area contributed by atoms with Crippen LogP contribution in [0.25, 0.3) is 10.6 Å². The fourth-order valence-corrected chi connectivity index (χ4v) is 3.93. The van der Waals surface area contributed by atoms with Gasteiger partial charge in [0.25, 0.3) is 0 Å². The van der Waals surface area contributed by atoms with Gasteiger partial charge in [-0.2, -0.15) is 0 Å². The largest absolute Gasteiger partial charge is 0.382 e. The first kappa shape index (κ1) is 24.3. The molecule has 0 aliphatic heterocycles. The Balaban J connectivity index is 0.00000364. The lowest BCUT2D eigenvalue weighted by molar-refractivity contribution is 0.0698. The number of nitrogens with zero attached hydrogens (tertiary/aromatic N) is 2. The van der Waals surface area contributed by atoms with Crippen molar-refractivity contribution >= 4 is 52.6 Å². The Morgan fingerprint density at radius 1 is 1.19 bits per heavy atom. The van der Waals surface area contributed by atoms with Crippen LogP contribution >= 0.6 is 46.7 Å². The van der Waals surface area contributed by atoms with E-state index in [1.165, 1.54) is 9.75 Å². The number of rotatable bonds is 11. The minimum atomic E-state index is 0. The molecular formula is C18H29IN4O2S2. The Morgan fingerprint density at radius 3 is 2.70 bits per heavy atom. The molecule has 0 aliphatic carbocycles. The molecule has 2 N–H and O–H groups in total. The zero-order chi connectivity index (χ0) is 18.6. The Bertz CT molecular complexity index is 676. The average molecular weight is 524 g/mol. The van der Waals surface area contributed by atoms with Gasteiger partial charge in [0, 0.05) is 44.1 Å². The molecule has 0 amide bonds. The molecule has 0 aliphatic rings. The second kappa shape index (κ2) is 14.3. The first-order chi connectivity index (χ1) is 12.7. The van der Waals surface area contributed by atoms with Crippen LogP contribution in [0.5, 0.6) is 0 Å². The van der Waals surface area contributed by atoms with Gasteiger partial charge in [-0.05, 0) is 31.9 Å². The molecule has 152 valence electrons.